The predicted octanol–water partition coefficient (Wildman–Crippen LogP) is 4.29. The number of methoxy groups -OCH3 is 1. The fraction of sp³-hybridized carbons (Fsp3) is 0.316. The number of nitrogens with zero attached hydrogens (tertiary/aromatic N) is 1. The summed E-state index contributed by atoms with van der Waals surface area (Å²) >= 11 is 0. The minimum absolute atomic E-state index is 0.0833. The molecule has 2 aromatic rings. The first-order chi connectivity index (χ1) is 11.1. The van der Waals surface area contributed by atoms with Crippen molar-refractivity contribution in [1.82, 2.24) is 0 Å². The second kappa shape index (κ2) is 7.68. The fourth-order valence-corrected chi connectivity index (χ4v) is 2.37. The van der Waals surface area contributed by atoms with Gasteiger partial charge < -0.3 is 14.6 Å². The van der Waals surface area contributed by atoms with Crippen molar-refractivity contribution in [3.63, 3.8) is 0 Å². The number of hydrogen-bond acceptors (Lipinski definition) is 4. The van der Waals surface area contributed by atoms with Gasteiger partial charge in [-0.05, 0) is 39.0 Å². The maximum absolute atomic E-state index is 10.2. The van der Waals surface area contributed by atoms with Crippen LogP contribution in [-0.2, 0) is 0 Å². The van der Waals surface area contributed by atoms with Crippen molar-refractivity contribution in [2.75, 3.05) is 13.7 Å². The maximum Gasteiger partial charge on any atom is 0.166 e. The Bertz CT molecular complexity index is 695. The Morgan fingerprint density at radius 1 is 1.22 bits per heavy atom. The predicted molar refractivity (Wildman–Crippen MR) is 93.0 cm³/mol. The van der Waals surface area contributed by atoms with Crippen LogP contribution in [0.4, 0.5) is 0 Å². The zero-order valence-electron chi connectivity index (χ0n) is 14.0. The Hall–Kier alpha value is -2.49. The van der Waals surface area contributed by atoms with Crippen LogP contribution in [0, 0.1) is 6.92 Å². The molecule has 0 aliphatic heterocycles. The molecule has 4 nitrogen and oxygen atoms in total. The van der Waals surface area contributed by atoms with Gasteiger partial charge >= 0.3 is 0 Å². The number of aliphatic imine (C=N–C) groups is 1. The van der Waals surface area contributed by atoms with Gasteiger partial charge in [-0.3, -0.25) is 4.99 Å². The Labute approximate surface area is 137 Å². The molecular weight excluding hydrogens is 290 g/mol. The SMILES string of the molecule is CCOc1cccc(C=N[C@H](C)c2cc(C)ccc2OC)c1O. The number of phenols is 1. The largest absolute Gasteiger partial charge is 0.504 e. The smallest absolute Gasteiger partial charge is 0.166 e. The van der Waals surface area contributed by atoms with E-state index in [2.05, 4.69) is 11.1 Å². The molecule has 0 saturated heterocycles. The maximum atomic E-state index is 10.2. The van der Waals surface area contributed by atoms with Gasteiger partial charge in [-0.15, -0.1) is 0 Å². The number of phenolic OH excluding ortho intramolecular Hbond substituents is 1. The van der Waals surface area contributed by atoms with Crippen molar-refractivity contribution < 1.29 is 14.6 Å². The Morgan fingerprint density at radius 2 is 2.00 bits per heavy atom. The lowest BCUT2D eigenvalue weighted by Gasteiger charge is -2.13. The Morgan fingerprint density at radius 3 is 2.70 bits per heavy atom. The number of aryl methyl sites for hydroxylation is 1. The van der Waals surface area contributed by atoms with Crippen LogP contribution in [0.15, 0.2) is 41.4 Å². The van der Waals surface area contributed by atoms with Crippen LogP contribution in [0.25, 0.3) is 0 Å². The number of aromatic hydroxyl groups is 1. The lowest BCUT2D eigenvalue weighted by atomic mass is 10.0. The molecule has 1 N–H and O–H groups in total. The van der Waals surface area contributed by atoms with Gasteiger partial charge in [-0.1, -0.05) is 23.8 Å². The van der Waals surface area contributed by atoms with E-state index >= 15 is 0 Å². The van der Waals surface area contributed by atoms with Crippen LogP contribution in [0.1, 0.15) is 36.6 Å². The molecule has 0 unspecified atom stereocenters. The summed E-state index contributed by atoms with van der Waals surface area (Å²) in [5.41, 5.74) is 2.81. The van der Waals surface area contributed by atoms with Crippen LogP contribution in [0.3, 0.4) is 0 Å². The van der Waals surface area contributed by atoms with Gasteiger partial charge in [0.2, 0.25) is 0 Å². The van der Waals surface area contributed by atoms with Crippen LogP contribution >= 0.6 is 0 Å². The monoisotopic (exact) mass is 313 g/mol. The van der Waals surface area contributed by atoms with E-state index in [0.717, 1.165) is 16.9 Å². The van der Waals surface area contributed by atoms with Crippen LogP contribution in [0.2, 0.25) is 0 Å². The average molecular weight is 313 g/mol. The van der Waals surface area contributed by atoms with Crippen molar-refractivity contribution in [3.8, 4) is 17.2 Å². The molecule has 0 saturated carbocycles. The van der Waals surface area contributed by atoms with Gasteiger partial charge in [0.1, 0.15) is 5.75 Å². The summed E-state index contributed by atoms with van der Waals surface area (Å²) in [5.74, 6) is 1.39. The van der Waals surface area contributed by atoms with Gasteiger partial charge in [0.05, 0.1) is 19.8 Å². The quantitative estimate of drug-likeness (QED) is 0.809. The van der Waals surface area contributed by atoms with E-state index in [4.69, 9.17) is 9.47 Å². The fourth-order valence-electron chi connectivity index (χ4n) is 2.37. The molecule has 0 radical (unpaired) electrons. The zero-order valence-corrected chi connectivity index (χ0v) is 14.0. The van der Waals surface area contributed by atoms with Crippen LogP contribution in [0.5, 0.6) is 17.2 Å². The standard InChI is InChI=1S/C19H23NO3/c1-5-23-18-8-6-7-15(19(18)21)12-20-14(3)16-11-13(2)9-10-17(16)22-4/h6-12,14,21H,5H2,1-4H3/t14-/m1/s1. The number of rotatable bonds is 6. The topological polar surface area (TPSA) is 51.0 Å². The molecule has 4 heteroatoms. The molecule has 0 aliphatic rings. The van der Waals surface area contributed by atoms with Gasteiger partial charge in [0, 0.05) is 17.3 Å². The minimum Gasteiger partial charge on any atom is -0.504 e. The average Bonchev–Trinajstić information content (AvgIpc) is 2.55. The highest BCUT2D eigenvalue weighted by atomic mass is 16.5. The lowest BCUT2D eigenvalue weighted by molar-refractivity contribution is 0.318. The second-order valence-corrected chi connectivity index (χ2v) is 5.33. The Balaban J connectivity index is 2.27. The van der Waals surface area contributed by atoms with Crippen molar-refractivity contribution in [1.29, 1.82) is 0 Å². The molecule has 23 heavy (non-hydrogen) atoms. The first kappa shape index (κ1) is 16.9. The molecule has 0 bridgehead atoms. The van der Waals surface area contributed by atoms with Gasteiger partial charge in [-0.25, -0.2) is 0 Å². The summed E-state index contributed by atoms with van der Waals surface area (Å²) in [5, 5.41) is 10.2. The number of benzene rings is 2. The van der Waals surface area contributed by atoms with E-state index in [1.54, 1.807) is 19.4 Å². The van der Waals surface area contributed by atoms with Gasteiger partial charge in [-0.2, -0.15) is 0 Å². The molecule has 0 fully saturated rings. The van der Waals surface area contributed by atoms with Crippen molar-refractivity contribution >= 4 is 6.21 Å². The molecule has 0 aromatic heterocycles. The summed E-state index contributed by atoms with van der Waals surface area (Å²) < 4.78 is 10.8. The molecule has 0 aliphatic carbocycles. The minimum atomic E-state index is -0.0833. The first-order valence-electron chi connectivity index (χ1n) is 7.69. The number of para-hydroxylation sites is 1. The van der Waals surface area contributed by atoms with Crippen molar-refractivity contribution in [3.05, 3.63) is 53.1 Å². The van der Waals surface area contributed by atoms with Gasteiger partial charge in [0.25, 0.3) is 0 Å². The van der Waals surface area contributed by atoms with E-state index < -0.39 is 0 Å². The third-order valence-electron chi connectivity index (χ3n) is 3.60. The number of hydrogen-bond donors (Lipinski definition) is 1. The highest BCUT2D eigenvalue weighted by molar-refractivity contribution is 5.85. The zero-order chi connectivity index (χ0) is 16.8. The lowest BCUT2D eigenvalue weighted by Crippen LogP contribution is -1.98. The van der Waals surface area contributed by atoms with E-state index in [1.165, 1.54) is 0 Å². The summed E-state index contributed by atoms with van der Waals surface area (Å²) in [6, 6.07) is 11.3. The highest BCUT2D eigenvalue weighted by Gasteiger charge is 2.11. The van der Waals surface area contributed by atoms with Crippen LogP contribution in [-0.4, -0.2) is 25.0 Å². The Kier molecular flexibility index (Phi) is 5.63. The third-order valence-corrected chi connectivity index (χ3v) is 3.60. The molecule has 122 valence electrons. The third kappa shape index (κ3) is 4.03. The second-order valence-electron chi connectivity index (χ2n) is 5.33. The first-order valence-corrected chi connectivity index (χ1v) is 7.69. The van der Waals surface area contributed by atoms with Gasteiger partial charge in [0.15, 0.2) is 11.5 Å². The van der Waals surface area contributed by atoms with Crippen molar-refractivity contribution in [2.45, 2.75) is 26.8 Å². The van der Waals surface area contributed by atoms with Crippen molar-refractivity contribution in [2.24, 2.45) is 4.99 Å². The molecule has 0 amide bonds. The molecular formula is C19H23NO3. The number of ether oxygens (including phenoxy) is 2. The van der Waals surface area contributed by atoms with E-state index in [0.29, 0.717) is 17.9 Å². The van der Waals surface area contributed by atoms with E-state index in [1.807, 2.05) is 45.0 Å². The molecule has 0 spiro atoms. The summed E-state index contributed by atoms with van der Waals surface area (Å²) in [6.45, 7) is 6.42. The molecule has 1 atom stereocenters. The van der Waals surface area contributed by atoms with Crippen LogP contribution < -0.4 is 9.47 Å². The van der Waals surface area contributed by atoms with E-state index in [9.17, 15) is 5.11 Å². The molecule has 2 rings (SSSR count). The summed E-state index contributed by atoms with van der Waals surface area (Å²) in [4.78, 5) is 4.56. The molecule has 0 heterocycles. The molecule has 2 aromatic carbocycles. The van der Waals surface area contributed by atoms with E-state index in [-0.39, 0.29) is 11.8 Å². The summed E-state index contributed by atoms with van der Waals surface area (Å²) in [6.07, 6.45) is 1.67. The highest BCUT2D eigenvalue weighted by Crippen LogP contribution is 2.31. The normalized spacial score (nSPS) is 12.3. The summed E-state index contributed by atoms with van der Waals surface area (Å²) in [7, 11) is 1.65.